The highest BCUT2D eigenvalue weighted by Gasteiger charge is 2.45. The van der Waals surface area contributed by atoms with Crippen LogP contribution in [0, 0.1) is 0 Å². The second kappa shape index (κ2) is 15.7. The van der Waals surface area contributed by atoms with Gasteiger partial charge >= 0.3 is 23.0 Å². The minimum atomic E-state index is -4.18. The summed E-state index contributed by atoms with van der Waals surface area (Å²) in [6, 6.07) is 53.8. The Kier molecular flexibility index (Phi) is 10.7. The zero-order chi connectivity index (χ0) is 35.7. The fourth-order valence-electron chi connectivity index (χ4n) is 4.71. The quantitative estimate of drug-likeness (QED) is 0.116. The molecule has 0 saturated heterocycles. The first-order valence-corrected chi connectivity index (χ1v) is 22.3. The van der Waals surface area contributed by atoms with Gasteiger partial charge in [-0.3, -0.25) is 11.0 Å². The molecule has 1 aliphatic rings. The van der Waals surface area contributed by atoms with Crippen molar-refractivity contribution in [1.29, 1.82) is 0 Å². The molecule has 0 saturated carbocycles. The van der Waals surface area contributed by atoms with E-state index in [-0.39, 0.29) is 0 Å². The fraction of sp³-hybridized carbons (Fsp3) is 0. The van der Waals surface area contributed by atoms with Crippen LogP contribution in [0.15, 0.2) is 200 Å². The van der Waals surface area contributed by atoms with Gasteiger partial charge in [-0.1, -0.05) is 118 Å². The van der Waals surface area contributed by atoms with Crippen molar-refractivity contribution in [2.75, 3.05) is 0 Å². The molecule has 0 aliphatic carbocycles. The van der Waals surface area contributed by atoms with Gasteiger partial charge in [0.25, 0.3) is 0 Å². The monoisotopic (exact) mass is 770 g/mol. The lowest BCUT2D eigenvalue weighted by Crippen LogP contribution is -2.12. The van der Waals surface area contributed by atoms with Crippen molar-refractivity contribution in [2.45, 2.75) is 0 Å². The van der Waals surface area contributed by atoms with Crippen molar-refractivity contribution in [3.63, 3.8) is 0 Å². The average Bonchev–Trinajstić information content (AvgIpc) is 3.13. The van der Waals surface area contributed by atoms with E-state index < -0.39 is 30.5 Å². The van der Waals surface area contributed by atoms with Crippen molar-refractivity contribution in [2.24, 2.45) is 29.1 Å². The van der Waals surface area contributed by atoms with E-state index in [1.54, 1.807) is 72.8 Å². The third-order valence-corrected chi connectivity index (χ3v) is 17.2. The number of hydrogen-bond acceptors (Lipinski definition) is 12. The highest BCUT2D eigenvalue weighted by atomic mass is 31.3. The molecule has 4 N–H and O–H groups in total. The molecule has 0 bridgehead atoms. The summed E-state index contributed by atoms with van der Waals surface area (Å²) >= 11 is 0. The minimum Gasteiger partial charge on any atom is -0.413 e. The Morgan fingerprint density at radius 2 is 0.462 bits per heavy atom. The highest BCUT2D eigenvalue weighted by molar-refractivity contribution is 7.80. The summed E-state index contributed by atoms with van der Waals surface area (Å²) in [4.78, 5) is 0. The molecule has 6 aromatic carbocycles. The van der Waals surface area contributed by atoms with Gasteiger partial charge in [-0.05, 0) is 72.8 Å². The molecule has 7 rings (SSSR count). The zero-order valence-electron chi connectivity index (χ0n) is 27.5. The molecule has 1 heterocycles. The van der Waals surface area contributed by atoms with Crippen molar-refractivity contribution >= 4 is 30.5 Å². The summed E-state index contributed by atoms with van der Waals surface area (Å²) in [5.74, 6) is 2.24. The molecular weight excluding hydrogens is 736 g/mol. The Bertz CT molecular complexity index is 2100. The lowest BCUT2D eigenvalue weighted by molar-refractivity contribution is 0.454. The summed E-state index contributed by atoms with van der Waals surface area (Å²) in [6.45, 7) is 0. The third-order valence-electron chi connectivity index (χ3n) is 6.77. The predicted octanol–water partition coefficient (Wildman–Crippen LogP) is 12.2. The van der Waals surface area contributed by atoms with Crippen molar-refractivity contribution in [3.05, 3.63) is 182 Å². The zero-order valence-corrected chi connectivity index (χ0v) is 31.1. The van der Waals surface area contributed by atoms with Crippen LogP contribution in [0.5, 0.6) is 34.5 Å². The SMILES string of the molecule is NP1(N)=NP(Oc2ccccc2)(Oc2ccccc2)=NP(Oc2ccccc2)(Oc2ccccc2)=NP(Oc2ccccc2)(Oc2ccccc2)=N1. The molecule has 0 unspecified atom stereocenters. The second-order valence-electron chi connectivity index (χ2n) is 11.0. The number of nitrogens with zero attached hydrogens (tertiary/aromatic N) is 4. The average molecular weight is 771 g/mol. The van der Waals surface area contributed by atoms with Gasteiger partial charge in [0.15, 0.2) is 0 Å². The van der Waals surface area contributed by atoms with Gasteiger partial charge in [0, 0.05) is 0 Å². The number of benzene rings is 6. The Balaban J connectivity index is 1.59. The van der Waals surface area contributed by atoms with Crippen LogP contribution in [0.1, 0.15) is 0 Å². The van der Waals surface area contributed by atoms with Crippen LogP contribution in [0.4, 0.5) is 0 Å². The molecule has 12 nitrogen and oxygen atoms in total. The van der Waals surface area contributed by atoms with Crippen LogP contribution >= 0.6 is 30.5 Å². The van der Waals surface area contributed by atoms with Crippen LogP contribution in [-0.2, 0) is 0 Å². The molecule has 0 amide bonds. The maximum atomic E-state index is 6.91. The Morgan fingerprint density at radius 1 is 0.269 bits per heavy atom. The van der Waals surface area contributed by atoms with E-state index in [9.17, 15) is 0 Å². The van der Waals surface area contributed by atoms with Crippen molar-refractivity contribution < 1.29 is 27.1 Å². The minimum absolute atomic E-state index is 0.372. The maximum absolute atomic E-state index is 6.91. The Labute approximate surface area is 302 Å². The molecule has 0 spiro atoms. The fourth-order valence-corrected chi connectivity index (χ4v) is 16.0. The smallest absolute Gasteiger partial charge is 0.413 e. The van der Waals surface area contributed by atoms with E-state index in [1.165, 1.54) is 0 Å². The van der Waals surface area contributed by atoms with Crippen LogP contribution in [0.2, 0.25) is 0 Å². The highest BCUT2D eigenvalue weighted by Crippen LogP contribution is 2.76. The van der Waals surface area contributed by atoms with Gasteiger partial charge in [0.2, 0.25) is 7.51 Å². The second-order valence-corrected chi connectivity index (χ2v) is 19.3. The summed E-state index contributed by atoms with van der Waals surface area (Å²) in [5, 5.41) is 0. The first kappa shape index (κ1) is 35.4. The van der Waals surface area contributed by atoms with Gasteiger partial charge in [0.05, 0.1) is 0 Å². The molecule has 16 heteroatoms. The van der Waals surface area contributed by atoms with Crippen LogP contribution < -0.4 is 38.2 Å². The Morgan fingerprint density at radius 3 is 0.692 bits per heavy atom. The van der Waals surface area contributed by atoms with E-state index in [1.807, 2.05) is 109 Å². The van der Waals surface area contributed by atoms with Gasteiger partial charge in [-0.25, -0.2) is 0 Å². The topological polar surface area (TPSA) is 157 Å². The third kappa shape index (κ3) is 9.24. The lowest BCUT2D eigenvalue weighted by Gasteiger charge is -2.31. The van der Waals surface area contributed by atoms with Gasteiger partial charge in [-0.15, -0.1) is 9.03 Å². The first-order valence-electron chi connectivity index (χ1n) is 15.9. The largest absolute Gasteiger partial charge is 0.460 e. The molecule has 1 aliphatic heterocycles. The molecule has 0 fully saturated rings. The molecular formula is C36H34N6O6P4. The summed E-state index contributed by atoms with van der Waals surface area (Å²) < 4.78 is 60.6. The summed E-state index contributed by atoms with van der Waals surface area (Å²) in [7, 11) is -16.2. The van der Waals surface area contributed by atoms with E-state index in [2.05, 4.69) is 0 Å². The standard InChI is InChI=1S/C36H34N6O6P4/c37-49(38)39-50(43-31-19-7-1-8-20-31,44-32-21-9-2-10-22-32)41-52(47-35-27-15-5-16-28-35,48-36-29-17-6-18-30-36)42-51(40-49,45-33-23-11-3-12-24-33)46-34-25-13-4-14-26-34/h1-30H,37-38H2. The number of nitrogens with two attached hydrogens (primary N) is 2. The number of hydrogen-bond donors (Lipinski definition) is 2. The van der Waals surface area contributed by atoms with Gasteiger partial charge in [-0.2, -0.15) is 0 Å². The van der Waals surface area contributed by atoms with Crippen molar-refractivity contribution in [1.82, 2.24) is 0 Å². The van der Waals surface area contributed by atoms with Crippen LogP contribution in [0.25, 0.3) is 0 Å². The van der Waals surface area contributed by atoms with E-state index in [0.717, 1.165) is 0 Å². The van der Waals surface area contributed by atoms with E-state index in [0.29, 0.717) is 34.5 Å². The molecule has 0 atom stereocenters. The van der Waals surface area contributed by atoms with Gasteiger partial charge in [0.1, 0.15) is 34.5 Å². The number of rotatable bonds is 12. The normalized spacial score (nSPS) is 16.3. The lowest BCUT2D eigenvalue weighted by atomic mass is 10.3. The molecule has 0 radical (unpaired) electrons. The maximum Gasteiger partial charge on any atom is 0.460 e. The van der Waals surface area contributed by atoms with Gasteiger partial charge < -0.3 is 27.1 Å². The first-order chi connectivity index (χ1) is 25.3. The molecule has 264 valence electrons. The van der Waals surface area contributed by atoms with Crippen LogP contribution in [0.3, 0.4) is 0 Å². The summed E-state index contributed by atoms with van der Waals surface area (Å²) in [6.07, 6.45) is 0. The van der Waals surface area contributed by atoms with Crippen LogP contribution in [-0.4, -0.2) is 0 Å². The van der Waals surface area contributed by atoms with Crippen molar-refractivity contribution in [3.8, 4) is 34.5 Å². The predicted molar refractivity (Wildman–Crippen MR) is 208 cm³/mol. The Hall–Kier alpha value is -5.04. The summed E-state index contributed by atoms with van der Waals surface area (Å²) in [5.41, 5.74) is 13.8. The molecule has 6 aromatic rings. The molecule has 52 heavy (non-hydrogen) atoms. The number of para-hydroxylation sites is 6. The van der Waals surface area contributed by atoms with E-state index in [4.69, 9.17) is 56.2 Å². The molecule has 0 aromatic heterocycles. The van der Waals surface area contributed by atoms with E-state index >= 15 is 0 Å².